The zero-order chi connectivity index (χ0) is 18.4. The van der Waals surface area contributed by atoms with Crippen molar-refractivity contribution in [2.24, 2.45) is 0 Å². The number of nitrogens with zero attached hydrogens (tertiary/aromatic N) is 2. The van der Waals surface area contributed by atoms with Gasteiger partial charge in [-0.1, -0.05) is 43.8 Å². The van der Waals surface area contributed by atoms with Gasteiger partial charge in [0.15, 0.2) is 0 Å². The number of thioether (sulfide) groups is 1. The number of benzene rings is 1. The second-order valence-electron chi connectivity index (χ2n) is 6.04. The smallest absolute Gasteiger partial charge is 0.243 e. The van der Waals surface area contributed by atoms with Gasteiger partial charge in [0.2, 0.25) is 17.0 Å². The highest BCUT2D eigenvalue weighted by Crippen LogP contribution is 2.19. The molecule has 2 rings (SSSR count). The van der Waals surface area contributed by atoms with Crippen LogP contribution < -0.4 is 10.6 Å². The quantitative estimate of drug-likeness (QED) is 0.658. The predicted octanol–water partition coefficient (Wildman–Crippen LogP) is 2.39. The molecule has 0 spiro atoms. The van der Waals surface area contributed by atoms with Crippen molar-refractivity contribution in [3.8, 4) is 0 Å². The molecule has 1 aromatic heterocycles. The zero-order valence-corrected chi connectivity index (χ0v) is 15.7. The lowest BCUT2D eigenvalue weighted by atomic mass is 10.1. The Balaban J connectivity index is 1.76. The van der Waals surface area contributed by atoms with Crippen molar-refractivity contribution in [2.45, 2.75) is 38.8 Å². The monoisotopic (exact) mass is 361 g/mol. The normalized spacial score (nSPS) is 10.8. The van der Waals surface area contributed by atoms with Crippen LogP contribution in [0.25, 0.3) is 0 Å². The summed E-state index contributed by atoms with van der Waals surface area (Å²) >= 11 is 1.23. The average Bonchev–Trinajstić information content (AvgIpc) is 3.04. The first-order valence-corrected chi connectivity index (χ1v) is 9.03. The molecule has 0 aliphatic carbocycles. The number of carbonyl (C=O) groups is 2. The minimum absolute atomic E-state index is 0.0710. The SMILES string of the molecule is Cc1cccc(C)c1NC(=O)CNC(=O)CSc1n[nH]c(C(C)C)n1. The van der Waals surface area contributed by atoms with Gasteiger partial charge in [0.1, 0.15) is 5.82 Å². The second-order valence-corrected chi connectivity index (χ2v) is 6.98. The van der Waals surface area contributed by atoms with E-state index in [9.17, 15) is 9.59 Å². The van der Waals surface area contributed by atoms with E-state index in [0.29, 0.717) is 5.16 Å². The molecule has 0 fully saturated rings. The number of para-hydroxylation sites is 1. The molecule has 0 aliphatic heterocycles. The number of rotatable bonds is 7. The van der Waals surface area contributed by atoms with Crippen LogP contribution >= 0.6 is 11.8 Å². The van der Waals surface area contributed by atoms with E-state index in [4.69, 9.17) is 0 Å². The Morgan fingerprint density at radius 1 is 1.20 bits per heavy atom. The molecule has 0 atom stereocenters. The Morgan fingerprint density at radius 3 is 2.48 bits per heavy atom. The largest absolute Gasteiger partial charge is 0.346 e. The summed E-state index contributed by atoms with van der Waals surface area (Å²) in [5.41, 5.74) is 2.76. The first-order chi connectivity index (χ1) is 11.9. The van der Waals surface area contributed by atoms with Gasteiger partial charge in [-0.25, -0.2) is 4.98 Å². The van der Waals surface area contributed by atoms with Crippen LogP contribution in [0.2, 0.25) is 0 Å². The molecule has 0 radical (unpaired) electrons. The summed E-state index contributed by atoms with van der Waals surface area (Å²) in [5.74, 6) is 0.708. The van der Waals surface area contributed by atoms with Crippen LogP contribution in [0.1, 0.15) is 36.7 Å². The van der Waals surface area contributed by atoms with Gasteiger partial charge in [-0.3, -0.25) is 14.7 Å². The topological polar surface area (TPSA) is 99.8 Å². The summed E-state index contributed by atoms with van der Waals surface area (Å²) in [7, 11) is 0. The lowest BCUT2D eigenvalue weighted by Crippen LogP contribution is -2.34. The van der Waals surface area contributed by atoms with Crippen LogP contribution in [0.3, 0.4) is 0 Å². The minimum atomic E-state index is -0.254. The molecule has 134 valence electrons. The molecule has 3 N–H and O–H groups in total. The number of aromatic amines is 1. The van der Waals surface area contributed by atoms with Gasteiger partial charge in [0, 0.05) is 11.6 Å². The number of amides is 2. The fourth-order valence-corrected chi connectivity index (χ4v) is 2.77. The third-order valence-corrected chi connectivity index (χ3v) is 4.40. The van der Waals surface area contributed by atoms with Crippen LogP contribution in [-0.4, -0.2) is 39.3 Å². The molecule has 2 aromatic rings. The Labute approximate surface area is 151 Å². The van der Waals surface area contributed by atoms with E-state index in [2.05, 4.69) is 25.8 Å². The Kier molecular flexibility index (Phi) is 6.58. The van der Waals surface area contributed by atoms with Gasteiger partial charge < -0.3 is 10.6 Å². The molecule has 0 unspecified atom stereocenters. The maximum absolute atomic E-state index is 12.0. The van der Waals surface area contributed by atoms with Crippen molar-refractivity contribution in [3.63, 3.8) is 0 Å². The van der Waals surface area contributed by atoms with E-state index in [1.807, 2.05) is 45.9 Å². The Morgan fingerprint density at radius 2 is 1.88 bits per heavy atom. The van der Waals surface area contributed by atoms with Gasteiger partial charge in [0.05, 0.1) is 12.3 Å². The number of hydrogen-bond donors (Lipinski definition) is 3. The number of aromatic nitrogens is 3. The third-order valence-electron chi connectivity index (χ3n) is 3.55. The van der Waals surface area contributed by atoms with Crippen molar-refractivity contribution in [1.82, 2.24) is 20.5 Å². The number of H-pyrrole nitrogens is 1. The Bertz CT molecular complexity index is 737. The highest BCUT2D eigenvalue weighted by Gasteiger charge is 2.11. The average molecular weight is 361 g/mol. The molecule has 0 aliphatic rings. The van der Waals surface area contributed by atoms with Crippen molar-refractivity contribution in [2.75, 3.05) is 17.6 Å². The van der Waals surface area contributed by atoms with Crippen LogP contribution in [0.5, 0.6) is 0 Å². The predicted molar refractivity (Wildman–Crippen MR) is 98.8 cm³/mol. The molecule has 0 saturated carbocycles. The summed E-state index contributed by atoms with van der Waals surface area (Å²) < 4.78 is 0. The van der Waals surface area contributed by atoms with Crippen molar-refractivity contribution in [3.05, 3.63) is 35.2 Å². The summed E-state index contributed by atoms with van der Waals surface area (Å²) in [6.07, 6.45) is 0. The van der Waals surface area contributed by atoms with Gasteiger partial charge in [-0.2, -0.15) is 0 Å². The summed E-state index contributed by atoms with van der Waals surface area (Å²) in [5, 5.41) is 12.9. The van der Waals surface area contributed by atoms with Crippen LogP contribution in [0.4, 0.5) is 5.69 Å². The minimum Gasteiger partial charge on any atom is -0.346 e. The number of carbonyl (C=O) groups excluding carboxylic acids is 2. The molecule has 7 nitrogen and oxygen atoms in total. The standard InChI is InChI=1S/C17H23N5O2S/c1-10(2)16-20-17(22-21-16)25-9-14(24)18-8-13(23)19-15-11(3)6-5-7-12(15)4/h5-7,10H,8-9H2,1-4H3,(H,18,24)(H,19,23)(H,20,21,22). The van der Waals surface area contributed by atoms with E-state index in [-0.39, 0.29) is 30.0 Å². The van der Waals surface area contributed by atoms with E-state index < -0.39 is 0 Å². The molecule has 0 bridgehead atoms. The lowest BCUT2D eigenvalue weighted by molar-refractivity contribution is -0.122. The maximum atomic E-state index is 12.0. The molecule has 1 aromatic carbocycles. The highest BCUT2D eigenvalue weighted by molar-refractivity contribution is 7.99. The molecule has 25 heavy (non-hydrogen) atoms. The number of anilines is 1. The van der Waals surface area contributed by atoms with Crippen LogP contribution in [0, 0.1) is 13.8 Å². The third kappa shape index (κ3) is 5.60. The lowest BCUT2D eigenvalue weighted by Gasteiger charge is -2.11. The molecule has 1 heterocycles. The van der Waals surface area contributed by atoms with Crippen molar-refractivity contribution < 1.29 is 9.59 Å². The van der Waals surface area contributed by atoms with Crippen LogP contribution in [-0.2, 0) is 9.59 Å². The molecule has 8 heteroatoms. The summed E-state index contributed by atoms with van der Waals surface area (Å²) in [4.78, 5) is 28.2. The van der Waals surface area contributed by atoms with E-state index in [0.717, 1.165) is 22.6 Å². The van der Waals surface area contributed by atoms with Gasteiger partial charge in [-0.05, 0) is 25.0 Å². The fourth-order valence-electron chi connectivity index (χ4n) is 2.14. The molecular formula is C17H23N5O2S. The van der Waals surface area contributed by atoms with Crippen LogP contribution in [0.15, 0.2) is 23.4 Å². The molecular weight excluding hydrogens is 338 g/mol. The second kappa shape index (κ2) is 8.66. The zero-order valence-electron chi connectivity index (χ0n) is 14.8. The van der Waals surface area contributed by atoms with Crippen molar-refractivity contribution >= 4 is 29.3 Å². The molecule has 0 saturated heterocycles. The van der Waals surface area contributed by atoms with Gasteiger partial charge >= 0.3 is 0 Å². The highest BCUT2D eigenvalue weighted by atomic mass is 32.2. The van der Waals surface area contributed by atoms with Crippen molar-refractivity contribution in [1.29, 1.82) is 0 Å². The van der Waals surface area contributed by atoms with E-state index in [1.54, 1.807) is 0 Å². The summed E-state index contributed by atoms with van der Waals surface area (Å²) in [6.45, 7) is 7.81. The Hall–Kier alpha value is -2.35. The maximum Gasteiger partial charge on any atom is 0.243 e. The number of aryl methyl sites for hydroxylation is 2. The fraction of sp³-hybridized carbons (Fsp3) is 0.412. The number of hydrogen-bond acceptors (Lipinski definition) is 5. The number of nitrogens with one attached hydrogen (secondary N) is 3. The van der Waals surface area contributed by atoms with Gasteiger partial charge in [-0.15, -0.1) is 5.10 Å². The molecule has 2 amide bonds. The van der Waals surface area contributed by atoms with E-state index in [1.165, 1.54) is 11.8 Å². The first-order valence-electron chi connectivity index (χ1n) is 8.04. The van der Waals surface area contributed by atoms with E-state index >= 15 is 0 Å². The van der Waals surface area contributed by atoms with Gasteiger partial charge in [0.25, 0.3) is 0 Å². The first kappa shape index (κ1) is 19.0. The summed E-state index contributed by atoms with van der Waals surface area (Å²) in [6, 6.07) is 5.80.